The van der Waals surface area contributed by atoms with E-state index in [0.717, 1.165) is 6.07 Å². The predicted octanol–water partition coefficient (Wildman–Crippen LogP) is 2.65. The van der Waals surface area contributed by atoms with Crippen LogP contribution in [0.1, 0.15) is 27.8 Å². The average Bonchev–Trinajstić information content (AvgIpc) is 2.90. The molecule has 0 saturated carbocycles. The third kappa shape index (κ3) is 3.99. The number of rotatable bonds is 2. The maximum Gasteiger partial charge on any atom is 0.252 e. The lowest BCUT2D eigenvalue weighted by molar-refractivity contribution is 0.404. The molecule has 0 atom stereocenters. The molecule has 0 aliphatic carbocycles. The van der Waals surface area contributed by atoms with Gasteiger partial charge in [-0.25, -0.2) is 17.6 Å². The number of hydrogen-bond acceptors (Lipinski definition) is 7. The maximum atomic E-state index is 14.4. The van der Waals surface area contributed by atoms with E-state index in [4.69, 9.17) is 0 Å². The average molecular weight is 527 g/mol. The highest BCUT2D eigenvalue weighted by Gasteiger charge is 2.28. The van der Waals surface area contributed by atoms with Crippen molar-refractivity contribution in [1.82, 2.24) is 9.97 Å². The van der Waals surface area contributed by atoms with Crippen LogP contribution < -0.4 is 10.4 Å². The third-order valence-electron chi connectivity index (χ3n) is 4.91. The van der Waals surface area contributed by atoms with E-state index in [1.165, 1.54) is 24.3 Å². The molecule has 0 aliphatic rings. The van der Waals surface area contributed by atoms with Crippen molar-refractivity contribution in [2.45, 2.75) is 0 Å². The SMILES string of the molecule is N#C/C(c1c(F)c(F)nc(F)c1F)=c1\cc(C#N)/c(=C(\C#N)c2c(F)c(F)nc(F)c2F)c(C#N)c1C#N. The zero-order valence-electron chi connectivity index (χ0n) is 17.7. The maximum absolute atomic E-state index is 14.4. The van der Waals surface area contributed by atoms with Gasteiger partial charge in [-0.05, 0) is 6.07 Å². The van der Waals surface area contributed by atoms with Gasteiger partial charge in [0, 0.05) is 10.4 Å². The van der Waals surface area contributed by atoms with Gasteiger partial charge in [-0.15, -0.1) is 0 Å². The van der Waals surface area contributed by atoms with Crippen molar-refractivity contribution >= 4 is 11.1 Å². The second-order valence-corrected chi connectivity index (χ2v) is 6.80. The molecule has 7 nitrogen and oxygen atoms in total. The summed E-state index contributed by atoms with van der Waals surface area (Å²) in [4.78, 5) is 4.62. The van der Waals surface area contributed by atoms with Crippen molar-refractivity contribution in [2.24, 2.45) is 0 Å². The van der Waals surface area contributed by atoms with Crippen LogP contribution in [0.5, 0.6) is 0 Å². The summed E-state index contributed by atoms with van der Waals surface area (Å²) in [5.41, 5.74) is -9.29. The largest absolute Gasteiger partial charge is 0.252 e. The highest BCUT2D eigenvalue weighted by atomic mass is 19.2. The van der Waals surface area contributed by atoms with E-state index in [9.17, 15) is 61.4 Å². The molecule has 184 valence electrons. The summed E-state index contributed by atoms with van der Waals surface area (Å²) < 4.78 is 112. The van der Waals surface area contributed by atoms with E-state index >= 15 is 0 Å². The smallest absolute Gasteiger partial charge is 0.201 e. The molecule has 2 aromatic heterocycles. The van der Waals surface area contributed by atoms with E-state index in [2.05, 4.69) is 9.97 Å². The predicted molar refractivity (Wildman–Crippen MR) is 104 cm³/mol. The van der Waals surface area contributed by atoms with Gasteiger partial charge < -0.3 is 0 Å². The fourth-order valence-corrected chi connectivity index (χ4v) is 3.36. The van der Waals surface area contributed by atoms with E-state index in [1.54, 1.807) is 0 Å². The van der Waals surface area contributed by atoms with Crippen molar-refractivity contribution in [3.63, 3.8) is 0 Å². The third-order valence-corrected chi connectivity index (χ3v) is 4.91. The number of nitriles is 5. The molecule has 15 heteroatoms. The zero-order chi connectivity index (χ0) is 28.5. The molecule has 0 radical (unpaired) electrons. The molecule has 0 spiro atoms. The Labute approximate surface area is 204 Å². The molecule has 0 fully saturated rings. The Morgan fingerprint density at radius 2 is 0.947 bits per heavy atom. The van der Waals surface area contributed by atoms with Crippen molar-refractivity contribution in [3.05, 3.63) is 91.4 Å². The second-order valence-electron chi connectivity index (χ2n) is 6.80. The first-order chi connectivity index (χ1) is 18.0. The standard InChI is InChI=1S/C23HF8N7/c24-16-14(17(25)21(29)37-20(16)28)10(4-34)8-1-7(2-32)13(11(5-35)9(8)3-33)12(6-36)15-18(26)22(30)38-23(31)19(15)27/h1H/b10-8-,13-12-. The molecular weight excluding hydrogens is 526 g/mol. The van der Waals surface area contributed by atoms with Crippen molar-refractivity contribution in [1.29, 1.82) is 26.3 Å². The summed E-state index contributed by atoms with van der Waals surface area (Å²) in [5.74, 6) is -17.6. The number of benzene rings is 1. The fourth-order valence-electron chi connectivity index (χ4n) is 3.36. The Kier molecular flexibility index (Phi) is 7.06. The molecule has 1 aromatic carbocycles. The summed E-state index contributed by atoms with van der Waals surface area (Å²) in [6.07, 6.45) is 0. The minimum atomic E-state index is -2.22. The van der Waals surface area contributed by atoms with Gasteiger partial charge in [-0.1, -0.05) is 0 Å². The van der Waals surface area contributed by atoms with Gasteiger partial charge in [0.2, 0.25) is 0 Å². The number of aromatic nitrogens is 2. The molecule has 38 heavy (non-hydrogen) atoms. The van der Waals surface area contributed by atoms with Gasteiger partial charge in [0.1, 0.15) is 24.3 Å². The highest BCUT2D eigenvalue weighted by molar-refractivity contribution is 5.83. The molecule has 0 saturated heterocycles. The van der Waals surface area contributed by atoms with E-state index in [-0.39, 0.29) is 0 Å². The summed E-state index contributed by atoms with van der Waals surface area (Å²) in [7, 11) is 0. The molecule has 3 aromatic rings. The quantitative estimate of drug-likeness (QED) is 0.368. The van der Waals surface area contributed by atoms with Crippen LogP contribution in [-0.4, -0.2) is 9.97 Å². The minimum Gasteiger partial charge on any atom is -0.201 e. The molecule has 0 aliphatic heterocycles. The first-order valence-electron chi connectivity index (χ1n) is 9.35. The van der Waals surface area contributed by atoms with Crippen molar-refractivity contribution < 1.29 is 35.1 Å². The van der Waals surface area contributed by atoms with Crippen LogP contribution in [0.3, 0.4) is 0 Å². The Bertz CT molecular complexity index is 1860. The first-order valence-corrected chi connectivity index (χ1v) is 9.35. The Morgan fingerprint density at radius 3 is 1.29 bits per heavy atom. The van der Waals surface area contributed by atoms with Crippen molar-refractivity contribution in [2.75, 3.05) is 0 Å². The molecule has 0 unspecified atom stereocenters. The van der Waals surface area contributed by atoms with Crippen LogP contribution in [0.15, 0.2) is 6.07 Å². The Balaban J connectivity index is 2.79. The summed E-state index contributed by atoms with van der Waals surface area (Å²) in [6.45, 7) is 0. The van der Waals surface area contributed by atoms with Crippen LogP contribution in [0.2, 0.25) is 0 Å². The monoisotopic (exact) mass is 527 g/mol. The molecule has 0 amide bonds. The van der Waals surface area contributed by atoms with Gasteiger partial charge in [0.25, 0.3) is 23.8 Å². The first kappa shape index (κ1) is 26.7. The van der Waals surface area contributed by atoms with Gasteiger partial charge >= 0.3 is 0 Å². The fraction of sp³-hybridized carbons (Fsp3) is 0. The number of pyridine rings is 2. The summed E-state index contributed by atoms with van der Waals surface area (Å²) in [6, 6.07) is 6.75. The van der Waals surface area contributed by atoms with Crippen molar-refractivity contribution in [3.8, 4) is 30.3 Å². The van der Waals surface area contributed by atoms with Gasteiger partial charge in [-0.2, -0.15) is 53.8 Å². The van der Waals surface area contributed by atoms with E-state index < -0.39 is 96.5 Å². The molecular formula is C23HF8N7. The lowest BCUT2D eigenvalue weighted by Crippen LogP contribution is -2.27. The lowest BCUT2D eigenvalue weighted by atomic mass is 9.91. The molecule has 2 heterocycles. The Morgan fingerprint density at radius 1 is 0.553 bits per heavy atom. The molecule has 0 N–H and O–H groups in total. The topological polar surface area (TPSA) is 145 Å². The summed E-state index contributed by atoms with van der Waals surface area (Å²) >= 11 is 0. The van der Waals surface area contributed by atoms with E-state index in [1.807, 2.05) is 0 Å². The lowest BCUT2D eigenvalue weighted by Gasteiger charge is -2.10. The van der Waals surface area contributed by atoms with Crippen LogP contribution in [0.25, 0.3) is 11.1 Å². The van der Waals surface area contributed by atoms with Gasteiger partial charge in [-0.3, -0.25) is 0 Å². The molecule has 0 bridgehead atoms. The Hall–Kier alpha value is -5.85. The second kappa shape index (κ2) is 10.0. The van der Waals surface area contributed by atoms with E-state index in [0.29, 0.717) is 6.07 Å². The minimum absolute atomic E-state index is 0.434. The number of halogens is 8. The molecule has 3 rings (SSSR count). The highest BCUT2D eigenvalue weighted by Crippen LogP contribution is 2.25. The number of hydrogen-bond donors (Lipinski definition) is 0. The number of nitrogens with zero attached hydrogens (tertiary/aromatic N) is 7. The van der Waals surface area contributed by atoms with Gasteiger partial charge in [0.15, 0.2) is 23.3 Å². The van der Waals surface area contributed by atoms with Crippen LogP contribution in [0, 0.1) is 104 Å². The van der Waals surface area contributed by atoms with Crippen LogP contribution in [0.4, 0.5) is 35.1 Å². The van der Waals surface area contributed by atoms with Crippen LogP contribution in [-0.2, 0) is 0 Å². The summed E-state index contributed by atoms with van der Waals surface area (Å²) in [5, 5.41) is 46.0. The van der Waals surface area contributed by atoms with Crippen LogP contribution >= 0.6 is 0 Å². The normalized spacial score (nSPS) is 11.9. The zero-order valence-corrected chi connectivity index (χ0v) is 17.7. The van der Waals surface area contributed by atoms with Gasteiger partial charge in [0.05, 0.1) is 45.0 Å².